The molecule has 10 nitrogen and oxygen atoms in total. The number of fused-ring (bicyclic) bond motifs is 1. The molecule has 0 saturated carbocycles. The van der Waals surface area contributed by atoms with Crippen molar-refractivity contribution in [1.29, 1.82) is 0 Å². The number of hydrazine groups is 1. The Hall–Kier alpha value is -3.66. The molecule has 1 aliphatic rings. The number of hydrazone groups is 1. The van der Waals surface area contributed by atoms with E-state index in [1.165, 1.54) is 24.0 Å². The van der Waals surface area contributed by atoms with Crippen molar-refractivity contribution in [2.24, 2.45) is 16.8 Å². The Kier molecular flexibility index (Phi) is 5.00. The van der Waals surface area contributed by atoms with Crippen LogP contribution in [0.1, 0.15) is 28.9 Å². The van der Waals surface area contributed by atoms with Gasteiger partial charge in [0.05, 0.1) is 29.2 Å². The van der Waals surface area contributed by atoms with Gasteiger partial charge in [-0.1, -0.05) is 0 Å². The molecule has 1 fully saturated rings. The van der Waals surface area contributed by atoms with Crippen LogP contribution in [0, 0.1) is 0 Å². The number of amidine groups is 1. The fraction of sp³-hybridized carbons (Fsp3) is 0.263. The zero-order valence-electron chi connectivity index (χ0n) is 16.1. The van der Waals surface area contributed by atoms with Gasteiger partial charge in [0.2, 0.25) is 0 Å². The van der Waals surface area contributed by atoms with E-state index in [2.05, 4.69) is 25.4 Å². The molecule has 0 atom stereocenters. The fourth-order valence-electron chi connectivity index (χ4n) is 3.45. The largest absolute Gasteiger partial charge is 0.371 e. The maximum atomic E-state index is 12.8. The normalized spacial score (nSPS) is 14.4. The van der Waals surface area contributed by atoms with Crippen LogP contribution in [0.15, 0.2) is 48.0 Å². The average molecular weight is 393 g/mol. The highest BCUT2D eigenvalue weighted by molar-refractivity contribution is 6.09. The van der Waals surface area contributed by atoms with Crippen molar-refractivity contribution < 1.29 is 4.79 Å². The number of hydrogen-bond acceptors (Lipinski definition) is 7. The lowest BCUT2D eigenvalue weighted by Gasteiger charge is -2.17. The predicted molar refractivity (Wildman–Crippen MR) is 112 cm³/mol. The summed E-state index contributed by atoms with van der Waals surface area (Å²) in [5.74, 6) is 11.1. The van der Waals surface area contributed by atoms with Crippen molar-refractivity contribution in [3.63, 3.8) is 0 Å². The molecule has 150 valence electrons. The van der Waals surface area contributed by atoms with Crippen molar-refractivity contribution in [3.8, 4) is 0 Å². The van der Waals surface area contributed by atoms with E-state index in [9.17, 15) is 4.79 Å². The molecule has 0 aromatic carbocycles. The first-order valence-electron chi connectivity index (χ1n) is 9.33. The van der Waals surface area contributed by atoms with E-state index in [1.54, 1.807) is 29.9 Å². The molecule has 5 N–H and O–H groups in total. The van der Waals surface area contributed by atoms with E-state index in [0.717, 1.165) is 24.3 Å². The highest BCUT2D eigenvalue weighted by Crippen LogP contribution is 2.23. The topological polar surface area (TPSA) is 130 Å². The molecule has 1 aliphatic heterocycles. The van der Waals surface area contributed by atoms with Crippen LogP contribution < -0.4 is 21.9 Å². The van der Waals surface area contributed by atoms with Gasteiger partial charge in [-0.25, -0.2) is 10.4 Å². The van der Waals surface area contributed by atoms with Gasteiger partial charge in [-0.05, 0) is 37.1 Å². The molecule has 10 heteroatoms. The van der Waals surface area contributed by atoms with Crippen LogP contribution in [-0.4, -0.2) is 51.5 Å². The Labute approximate surface area is 167 Å². The van der Waals surface area contributed by atoms with Crippen molar-refractivity contribution in [1.82, 2.24) is 19.6 Å². The van der Waals surface area contributed by atoms with Crippen LogP contribution in [-0.2, 0) is 0 Å². The van der Waals surface area contributed by atoms with Gasteiger partial charge < -0.3 is 16.1 Å². The number of carbonyl (C=O) groups excluding carboxylic acids is 1. The number of aromatic nitrogens is 3. The number of nitrogens with zero attached hydrogens (tertiary/aromatic N) is 6. The number of pyridine rings is 2. The average Bonchev–Trinajstić information content (AvgIpc) is 3.39. The third kappa shape index (κ3) is 3.69. The zero-order chi connectivity index (χ0) is 20.4. The first-order valence-corrected chi connectivity index (χ1v) is 9.33. The highest BCUT2D eigenvalue weighted by Gasteiger charge is 2.17. The lowest BCUT2D eigenvalue weighted by molar-refractivity contribution is 0.102. The van der Waals surface area contributed by atoms with Gasteiger partial charge in [-0.2, -0.15) is 10.2 Å². The van der Waals surface area contributed by atoms with E-state index in [-0.39, 0.29) is 5.91 Å². The molecule has 3 aromatic heterocycles. The van der Waals surface area contributed by atoms with Gasteiger partial charge in [0.25, 0.3) is 5.91 Å². The maximum Gasteiger partial charge on any atom is 0.259 e. The summed E-state index contributed by atoms with van der Waals surface area (Å²) in [4.78, 5) is 19.4. The lowest BCUT2D eigenvalue weighted by atomic mass is 10.2. The standard InChI is InChI=1S/C19H23N9O/c1-26(21)18(25-20)16-5-4-13(11-22-16)24-19(29)15-12-23-28-9-6-14(10-17(15)28)27-7-2-3-8-27/h4-6,9-12H,2-3,7-8,20-21H2,1H3,(H,24,29)/b25-18-. The lowest BCUT2D eigenvalue weighted by Crippen LogP contribution is -2.35. The summed E-state index contributed by atoms with van der Waals surface area (Å²) in [6.45, 7) is 2.08. The van der Waals surface area contributed by atoms with E-state index in [0.29, 0.717) is 22.8 Å². The molecule has 1 saturated heterocycles. The van der Waals surface area contributed by atoms with Crippen molar-refractivity contribution in [2.75, 3.05) is 30.4 Å². The maximum absolute atomic E-state index is 12.8. The monoisotopic (exact) mass is 393 g/mol. The molecule has 0 bridgehead atoms. The number of amides is 1. The Morgan fingerprint density at radius 2 is 2.03 bits per heavy atom. The van der Waals surface area contributed by atoms with Crippen LogP contribution in [0.2, 0.25) is 0 Å². The number of rotatable bonds is 4. The molecular weight excluding hydrogens is 370 g/mol. The minimum atomic E-state index is -0.253. The van der Waals surface area contributed by atoms with Crippen LogP contribution in [0.3, 0.4) is 0 Å². The first-order chi connectivity index (χ1) is 14.1. The molecule has 29 heavy (non-hydrogen) atoms. The van der Waals surface area contributed by atoms with E-state index >= 15 is 0 Å². The van der Waals surface area contributed by atoms with Crippen molar-refractivity contribution in [2.45, 2.75) is 12.8 Å². The molecular formula is C19H23N9O. The summed E-state index contributed by atoms with van der Waals surface area (Å²) < 4.78 is 1.71. The van der Waals surface area contributed by atoms with Crippen LogP contribution >= 0.6 is 0 Å². The SMILES string of the molecule is CN(N)/C(=N\N)c1ccc(NC(=O)c2cnn3ccc(N4CCCC4)cc23)cn1. The number of hydrogen-bond donors (Lipinski definition) is 3. The Morgan fingerprint density at radius 3 is 2.69 bits per heavy atom. The minimum absolute atomic E-state index is 0.253. The zero-order valence-corrected chi connectivity index (χ0v) is 16.1. The number of carbonyl (C=O) groups is 1. The Bertz CT molecular complexity index is 1050. The number of nitrogens with two attached hydrogens (primary N) is 2. The van der Waals surface area contributed by atoms with Crippen LogP contribution in [0.4, 0.5) is 11.4 Å². The molecule has 0 aliphatic carbocycles. The summed E-state index contributed by atoms with van der Waals surface area (Å²) >= 11 is 0. The number of anilines is 2. The highest BCUT2D eigenvalue weighted by atomic mass is 16.1. The van der Waals surface area contributed by atoms with E-state index < -0.39 is 0 Å². The van der Waals surface area contributed by atoms with Crippen LogP contribution in [0.5, 0.6) is 0 Å². The third-order valence-electron chi connectivity index (χ3n) is 4.93. The molecule has 1 amide bonds. The van der Waals surface area contributed by atoms with Gasteiger partial charge in [0.1, 0.15) is 5.69 Å². The van der Waals surface area contributed by atoms with Crippen molar-refractivity contribution >= 4 is 28.6 Å². The van der Waals surface area contributed by atoms with Gasteiger partial charge >= 0.3 is 0 Å². The first kappa shape index (κ1) is 18.7. The summed E-state index contributed by atoms with van der Waals surface area (Å²) in [6, 6.07) is 7.44. The van der Waals surface area contributed by atoms with Crippen LogP contribution in [0.25, 0.3) is 5.52 Å². The summed E-state index contributed by atoms with van der Waals surface area (Å²) in [7, 11) is 1.62. The molecule has 4 rings (SSSR count). The van der Waals surface area contributed by atoms with Crippen molar-refractivity contribution in [3.05, 3.63) is 54.1 Å². The summed E-state index contributed by atoms with van der Waals surface area (Å²) in [5.41, 5.74) is 3.42. The molecule has 0 radical (unpaired) electrons. The molecule has 4 heterocycles. The third-order valence-corrected chi connectivity index (χ3v) is 4.93. The quantitative estimate of drug-likeness (QED) is 0.261. The van der Waals surface area contributed by atoms with E-state index in [4.69, 9.17) is 11.7 Å². The number of nitrogens with one attached hydrogen (secondary N) is 1. The minimum Gasteiger partial charge on any atom is -0.371 e. The molecule has 3 aromatic rings. The van der Waals surface area contributed by atoms with Gasteiger partial charge in [0, 0.05) is 32.0 Å². The second kappa shape index (κ2) is 7.76. The Balaban J connectivity index is 1.55. The second-order valence-electron chi connectivity index (χ2n) is 6.92. The fourth-order valence-corrected chi connectivity index (χ4v) is 3.45. The second-order valence-corrected chi connectivity index (χ2v) is 6.92. The van der Waals surface area contributed by atoms with Gasteiger partial charge in [-0.3, -0.25) is 14.8 Å². The summed E-state index contributed by atoms with van der Waals surface area (Å²) in [5, 5.41) is 12.0. The summed E-state index contributed by atoms with van der Waals surface area (Å²) in [6.07, 6.45) is 7.37. The van der Waals surface area contributed by atoms with E-state index in [1.807, 2.05) is 18.3 Å². The molecule has 0 spiro atoms. The van der Waals surface area contributed by atoms with Gasteiger partial charge in [-0.15, -0.1) is 0 Å². The predicted octanol–water partition coefficient (Wildman–Crippen LogP) is 1.01. The van der Waals surface area contributed by atoms with Gasteiger partial charge in [0.15, 0.2) is 5.84 Å². The smallest absolute Gasteiger partial charge is 0.259 e. The molecule has 0 unspecified atom stereocenters. The Morgan fingerprint density at radius 1 is 1.24 bits per heavy atom.